The first-order chi connectivity index (χ1) is 11.2. The molecule has 1 aromatic rings. The third kappa shape index (κ3) is 3.50. The molecule has 0 unspecified atom stereocenters. The van der Waals surface area contributed by atoms with Crippen LogP contribution in [0.25, 0.3) is 0 Å². The van der Waals surface area contributed by atoms with E-state index in [0.717, 1.165) is 37.2 Å². The van der Waals surface area contributed by atoms with Gasteiger partial charge in [0.1, 0.15) is 0 Å². The lowest BCUT2D eigenvalue weighted by Gasteiger charge is -2.30. The van der Waals surface area contributed by atoms with Crippen molar-refractivity contribution in [1.82, 2.24) is 15.3 Å². The largest absolute Gasteiger partial charge is 0.454 e. The minimum Gasteiger partial charge on any atom is -0.454 e. The zero-order valence-corrected chi connectivity index (χ0v) is 14.0. The summed E-state index contributed by atoms with van der Waals surface area (Å²) in [5.74, 6) is 1.48. The van der Waals surface area contributed by atoms with Crippen molar-refractivity contribution in [3.63, 3.8) is 0 Å². The highest BCUT2D eigenvalue weighted by Gasteiger charge is 2.28. The van der Waals surface area contributed by atoms with Gasteiger partial charge in [-0.25, -0.2) is 0 Å². The fourth-order valence-electron chi connectivity index (χ4n) is 2.72. The van der Waals surface area contributed by atoms with Crippen molar-refractivity contribution in [3.8, 4) is 11.5 Å². The van der Waals surface area contributed by atoms with E-state index in [1.165, 1.54) is 0 Å². The maximum Gasteiger partial charge on any atom is 0.245 e. The van der Waals surface area contributed by atoms with Crippen LogP contribution in [0, 0.1) is 0 Å². The molecule has 2 heterocycles. The molecule has 1 N–H and O–H groups in total. The normalized spacial score (nSPS) is 15.9. The van der Waals surface area contributed by atoms with E-state index < -0.39 is 0 Å². The predicted molar refractivity (Wildman–Crippen MR) is 90.2 cm³/mol. The summed E-state index contributed by atoms with van der Waals surface area (Å²) in [5, 5.41) is 7.43. The fraction of sp³-hybridized carbons (Fsp3) is 0.500. The highest BCUT2D eigenvalue weighted by molar-refractivity contribution is 7.80. The Hall–Kier alpha value is -2.02. The van der Waals surface area contributed by atoms with E-state index in [1.54, 1.807) is 5.01 Å². The summed E-state index contributed by atoms with van der Waals surface area (Å²) in [6.45, 7) is 4.63. The molecule has 0 bridgehead atoms. The second-order valence-electron chi connectivity index (χ2n) is 5.59. The van der Waals surface area contributed by atoms with Gasteiger partial charge in [-0.05, 0) is 42.8 Å². The molecule has 7 heteroatoms. The van der Waals surface area contributed by atoms with Crippen LogP contribution in [0.2, 0.25) is 0 Å². The van der Waals surface area contributed by atoms with Crippen LogP contribution in [0.5, 0.6) is 11.5 Å². The van der Waals surface area contributed by atoms with Crippen molar-refractivity contribution in [3.05, 3.63) is 23.8 Å². The Bertz CT molecular complexity index is 608. The molecule has 0 aliphatic carbocycles. The van der Waals surface area contributed by atoms with Crippen LogP contribution < -0.4 is 14.8 Å². The average Bonchev–Trinajstić information content (AvgIpc) is 3.20. The number of ether oxygens (including phenoxy) is 2. The second kappa shape index (κ2) is 7.04. The van der Waals surface area contributed by atoms with E-state index in [2.05, 4.69) is 12.2 Å². The molecule has 1 saturated heterocycles. The molecule has 0 radical (unpaired) electrons. The van der Waals surface area contributed by atoms with Gasteiger partial charge in [0, 0.05) is 19.6 Å². The minimum atomic E-state index is 0.0435. The Morgan fingerprint density at radius 3 is 2.87 bits per heavy atom. The molecule has 2 aliphatic rings. The molecule has 23 heavy (non-hydrogen) atoms. The highest BCUT2D eigenvalue weighted by atomic mass is 32.1. The monoisotopic (exact) mass is 335 g/mol. The van der Waals surface area contributed by atoms with Crippen LogP contribution in [0.15, 0.2) is 18.2 Å². The lowest BCUT2D eigenvalue weighted by molar-refractivity contribution is -0.138. The van der Waals surface area contributed by atoms with Gasteiger partial charge in [-0.15, -0.1) is 0 Å². The van der Waals surface area contributed by atoms with E-state index in [1.807, 2.05) is 23.2 Å². The molecule has 1 aromatic carbocycles. The number of hydrogen-bond donors (Lipinski definition) is 1. The smallest absolute Gasteiger partial charge is 0.245 e. The van der Waals surface area contributed by atoms with Crippen molar-refractivity contribution in [2.45, 2.75) is 26.2 Å². The number of fused-ring (bicyclic) bond motifs is 1. The number of carbonyl (C=O) groups excluding carboxylic acids is 1. The van der Waals surface area contributed by atoms with Gasteiger partial charge in [-0.3, -0.25) is 14.8 Å². The molecule has 124 valence electrons. The molecule has 1 amide bonds. The van der Waals surface area contributed by atoms with Gasteiger partial charge in [-0.1, -0.05) is 13.0 Å². The van der Waals surface area contributed by atoms with Gasteiger partial charge >= 0.3 is 0 Å². The van der Waals surface area contributed by atoms with Gasteiger partial charge in [0.15, 0.2) is 16.6 Å². The van der Waals surface area contributed by atoms with Crippen LogP contribution in [-0.4, -0.2) is 47.5 Å². The summed E-state index contributed by atoms with van der Waals surface area (Å²) in [6.07, 6.45) is 2.25. The number of nitrogens with one attached hydrogen (secondary N) is 1. The predicted octanol–water partition coefficient (Wildman–Crippen LogP) is 1.69. The van der Waals surface area contributed by atoms with Crippen molar-refractivity contribution in [2.24, 2.45) is 0 Å². The SMILES string of the molecule is CCCNC(=S)N1CCCN1C(=O)Cc1ccc2c(c1)OCO2. The minimum absolute atomic E-state index is 0.0435. The number of carbonyl (C=O) groups is 1. The first kappa shape index (κ1) is 15.9. The number of thiocarbonyl (C=S) groups is 1. The Labute approximate surface area is 141 Å². The van der Waals surface area contributed by atoms with E-state index in [0.29, 0.717) is 23.8 Å². The van der Waals surface area contributed by atoms with Gasteiger partial charge in [-0.2, -0.15) is 0 Å². The summed E-state index contributed by atoms with van der Waals surface area (Å²) >= 11 is 5.39. The van der Waals surface area contributed by atoms with Crippen molar-refractivity contribution >= 4 is 23.2 Å². The molecule has 3 rings (SSSR count). The van der Waals surface area contributed by atoms with Crippen molar-refractivity contribution in [2.75, 3.05) is 26.4 Å². The van der Waals surface area contributed by atoms with Crippen LogP contribution >= 0.6 is 12.2 Å². The Balaban J connectivity index is 1.64. The standard InChI is InChI=1S/C16H21N3O3S/c1-2-6-17-16(23)19-8-3-7-18(19)15(20)10-12-4-5-13-14(9-12)22-11-21-13/h4-5,9H,2-3,6-8,10-11H2,1H3,(H,17,23). The third-order valence-corrected chi connectivity index (χ3v) is 4.23. The van der Waals surface area contributed by atoms with E-state index in [-0.39, 0.29) is 12.7 Å². The molecular formula is C16H21N3O3S. The zero-order chi connectivity index (χ0) is 16.2. The molecule has 0 saturated carbocycles. The number of rotatable bonds is 4. The highest BCUT2D eigenvalue weighted by Crippen LogP contribution is 2.32. The lowest BCUT2D eigenvalue weighted by atomic mass is 10.1. The second-order valence-corrected chi connectivity index (χ2v) is 5.98. The van der Waals surface area contributed by atoms with Crippen LogP contribution in [-0.2, 0) is 11.2 Å². The fourth-order valence-corrected chi connectivity index (χ4v) is 3.01. The Morgan fingerprint density at radius 2 is 2.04 bits per heavy atom. The van der Waals surface area contributed by atoms with Crippen molar-refractivity contribution < 1.29 is 14.3 Å². The van der Waals surface area contributed by atoms with Gasteiger partial charge in [0.2, 0.25) is 12.7 Å². The number of nitrogens with zero attached hydrogens (tertiary/aromatic N) is 2. The number of hydrazine groups is 1. The summed E-state index contributed by atoms with van der Waals surface area (Å²) in [6, 6.07) is 5.62. The van der Waals surface area contributed by atoms with Crippen LogP contribution in [0.3, 0.4) is 0 Å². The van der Waals surface area contributed by atoms with Gasteiger partial charge in [0.25, 0.3) is 0 Å². The van der Waals surface area contributed by atoms with Crippen LogP contribution in [0.4, 0.5) is 0 Å². The summed E-state index contributed by atoms with van der Waals surface area (Å²) in [5.41, 5.74) is 0.915. The molecule has 2 aliphatic heterocycles. The number of amides is 1. The zero-order valence-electron chi connectivity index (χ0n) is 13.2. The molecule has 1 fully saturated rings. The Kier molecular flexibility index (Phi) is 4.85. The molecule has 0 spiro atoms. The maximum atomic E-state index is 12.6. The maximum absolute atomic E-state index is 12.6. The lowest BCUT2D eigenvalue weighted by Crippen LogP contribution is -2.49. The molecule has 6 nitrogen and oxygen atoms in total. The first-order valence-corrected chi connectivity index (χ1v) is 8.34. The molecule has 0 atom stereocenters. The number of hydrogen-bond acceptors (Lipinski definition) is 4. The first-order valence-electron chi connectivity index (χ1n) is 7.93. The summed E-state index contributed by atoms with van der Waals surface area (Å²) < 4.78 is 10.7. The van der Waals surface area contributed by atoms with E-state index in [9.17, 15) is 4.79 Å². The van der Waals surface area contributed by atoms with Crippen LogP contribution in [0.1, 0.15) is 25.3 Å². The summed E-state index contributed by atoms with van der Waals surface area (Å²) in [4.78, 5) is 12.6. The van der Waals surface area contributed by atoms with Gasteiger partial charge < -0.3 is 14.8 Å². The molecule has 0 aromatic heterocycles. The van der Waals surface area contributed by atoms with Gasteiger partial charge in [0.05, 0.1) is 6.42 Å². The topological polar surface area (TPSA) is 54.0 Å². The quantitative estimate of drug-likeness (QED) is 0.845. The van der Waals surface area contributed by atoms with E-state index in [4.69, 9.17) is 21.7 Å². The average molecular weight is 335 g/mol. The number of benzene rings is 1. The Morgan fingerprint density at radius 1 is 1.26 bits per heavy atom. The third-order valence-electron chi connectivity index (χ3n) is 3.87. The van der Waals surface area contributed by atoms with E-state index >= 15 is 0 Å². The summed E-state index contributed by atoms with van der Waals surface area (Å²) in [7, 11) is 0. The molecular weight excluding hydrogens is 314 g/mol. The van der Waals surface area contributed by atoms with Crippen molar-refractivity contribution in [1.29, 1.82) is 0 Å².